The first kappa shape index (κ1) is 59.5. The van der Waals surface area contributed by atoms with Crippen LogP contribution in [0.5, 0.6) is 0 Å². The molecule has 0 aliphatic carbocycles. The van der Waals surface area contributed by atoms with E-state index < -0.39 is 0 Å². The Labute approximate surface area is 382 Å². The van der Waals surface area contributed by atoms with Gasteiger partial charge < -0.3 is 29.3 Å². The monoisotopic (exact) mass is 878 g/mol. The van der Waals surface area contributed by atoms with Crippen molar-refractivity contribution in [1.29, 1.82) is 0 Å². The van der Waals surface area contributed by atoms with Gasteiger partial charge in [0.05, 0.1) is 38.3 Å². The molecule has 0 saturated heterocycles. The van der Waals surface area contributed by atoms with Crippen molar-refractivity contribution >= 4 is 23.8 Å². The van der Waals surface area contributed by atoms with Crippen LogP contribution in [0.15, 0.2) is 12.2 Å². The first-order chi connectivity index (χ1) is 30.2. The molecule has 0 fully saturated rings. The minimum absolute atomic E-state index is 0.0783. The smallest absolute Gasteiger partial charge is 0.308 e. The van der Waals surface area contributed by atoms with E-state index in [4.69, 9.17) is 14.2 Å². The van der Waals surface area contributed by atoms with Crippen molar-refractivity contribution in [3.05, 3.63) is 12.2 Å². The summed E-state index contributed by atoms with van der Waals surface area (Å²) in [6.45, 7) is 12.2. The van der Waals surface area contributed by atoms with E-state index in [1.807, 2.05) is 19.0 Å². The van der Waals surface area contributed by atoms with Crippen molar-refractivity contribution in [3.8, 4) is 0 Å². The van der Waals surface area contributed by atoms with Gasteiger partial charge in [0.1, 0.15) is 0 Å². The molecule has 2 atom stereocenters. The highest BCUT2D eigenvalue weighted by Crippen LogP contribution is 2.22. The van der Waals surface area contributed by atoms with E-state index in [9.17, 15) is 19.2 Å². The number of likely N-dealkylation sites (N-methyl/N-ethyl adjacent to an activating group) is 1. The molecule has 10 heteroatoms. The first-order valence-corrected chi connectivity index (χ1v) is 26.0. The summed E-state index contributed by atoms with van der Waals surface area (Å²) in [5, 5.41) is 2.77. The van der Waals surface area contributed by atoms with Gasteiger partial charge in [-0.2, -0.15) is 0 Å². The fourth-order valence-electron chi connectivity index (χ4n) is 7.78. The lowest BCUT2D eigenvalue weighted by Gasteiger charge is -2.22. The number of hydrogen-bond donors (Lipinski definition) is 1. The second-order valence-corrected chi connectivity index (χ2v) is 18.0. The summed E-state index contributed by atoms with van der Waals surface area (Å²) in [5.41, 5.74) is 0. The summed E-state index contributed by atoms with van der Waals surface area (Å²) in [5.74, 6) is -1.05. The van der Waals surface area contributed by atoms with Crippen LogP contribution in [0, 0.1) is 11.8 Å². The Bertz CT molecular complexity index is 1030. The van der Waals surface area contributed by atoms with E-state index in [0.717, 1.165) is 83.6 Å². The van der Waals surface area contributed by atoms with Crippen LogP contribution >= 0.6 is 0 Å². The quantitative estimate of drug-likeness (QED) is 0.0365. The summed E-state index contributed by atoms with van der Waals surface area (Å²) in [4.78, 5) is 56.4. The van der Waals surface area contributed by atoms with Gasteiger partial charge >= 0.3 is 11.9 Å². The highest BCUT2D eigenvalue weighted by molar-refractivity contribution is 5.96. The molecule has 0 bridgehead atoms. The number of hydrogen-bond acceptors (Lipinski definition) is 8. The molecule has 1 N–H and O–H groups in total. The molecule has 0 aromatic heterocycles. The fraction of sp³-hybridized carbons (Fsp3) is 0.885. The highest BCUT2D eigenvalue weighted by Gasteiger charge is 2.21. The maximum Gasteiger partial charge on any atom is 0.308 e. The number of esters is 2. The molecular weight excluding hydrogens is 779 g/mol. The molecule has 0 aromatic carbocycles. The number of nitrogens with zero attached hydrogens (tertiary/aromatic N) is 2. The van der Waals surface area contributed by atoms with Crippen molar-refractivity contribution in [2.24, 2.45) is 11.8 Å². The molecule has 0 spiro atoms. The SMILES string of the molecule is CCCCCCCCCC(CCCCCCC)C(=O)OCCCN(CCCOC(=O)C(CCCCCCC)CCCCCCCCC)C(=O)C=CC(=O)NCCOCCN(C)C. The molecule has 0 aliphatic heterocycles. The first-order valence-electron chi connectivity index (χ1n) is 26.0. The molecule has 0 aliphatic rings. The van der Waals surface area contributed by atoms with Crippen molar-refractivity contribution < 1.29 is 33.4 Å². The van der Waals surface area contributed by atoms with Gasteiger partial charge in [-0.25, -0.2) is 0 Å². The summed E-state index contributed by atoms with van der Waals surface area (Å²) in [6.07, 6.45) is 35.7. The third-order valence-corrected chi connectivity index (χ3v) is 11.8. The molecule has 62 heavy (non-hydrogen) atoms. The molecule has 2 unspecified atom stereocenters. The van der Waals surface area contributed by atoms with Crippen LogP contribution in [0.2, 0.25) is 0 Å². The standard InChI is InChI=1S/C52H99N3O7/c1-7-11-15-19-21-25-29-35-47(33-27-23-17-13-9-3)51(58)61-43-31-40-55(50(57)38-37-49(56)53-39-45-60-46-42-54(5)6)41-32-44-62-52(59)48(34-28-24-18-14-10-4)36-30-26-22-20-16-12-8-2/h37-38,47-48H,7-36,39-46H2,1-6H3,(H,53,56). The van der Waals surface area contributed by atoms with Crippen LogP contribution in [0.1, 0.15) is 220 Å². The Hall–Kier alpha value is -2.46. The van der Waals surface area contributed by atoms with Gasteiger partial charge in [-0.15, -0.1) is 0 Å². The Morgan fingerprint density at radius 2 is 0.823 bits per heavy atom. The molecule has 0 rings (SSSR count). The molecule has 0 aromatic rings. The van der Waals surface area contributed by atoms with Crippen molar-refractivity contribution in [2.45, 2.75) is 220 Å². The van der Waals surface area contributed by atoms with Crippen LogP contribution in [0.4, 0.5) is 0 Å². The maximum atomic E-state index is 13.5. The average molecular weight is 878 g/mol. The predicted molar refractivity (Wildman–Crippen MR) is 258 cm³/mol. The number of amides is 2. The molecule has 10 nitrogen and oxygen atoms in total. The van der Waals surface area contributed by atoms with E-state index in [2.05, 4.69) is 33.0 Å². The summed E-state index contributed by atoms with van der Waals surface area (Å²) in [7, 11) is 3.96. The summed E-state index contributed by atoms with van der Waals surface area (Å²) < 4.78 is 17.3. The number of unbranched alkanes of at least 4 members (excludes halogenated alkanes) is 20. The van der Waals surface area contributed by atoms with Gasteiger partial charge in [-0.3, -0.25) is 19.2 Å². The number of nitrogens with one attached hydrogen (secondary N) is 1. The molecule has 364 valence electrons. The number of carbonyl (C=O) groups excluding carboxylic acids is 4. The predicted octanol–water partition coefficient (Wildman–Crippen LogP) is 12.2. The van der Waals surface area contributed by atoms with Crippen LogP contribution in [0.3, 0.4) is 0 Å². The van der Waals surface area contributed by atoms with Crippen LogP contribution in [-0.4, -0.2) is 100 Å². The molecule has 0 radical (unpaired) electrons. The highest BCUT2D eigenvalue weighted by atomic mass is 16.5. The lowest BCUT2D eigenvalue weighted by Crippen LogP contribution is -2.34. The van der Waals surface area contributed by atoms with Crippen molar-refractivity contribution in [1.82, 2.24) is 15.1 Å². The largest absolute Gasteiger partial charge is 0.465 e. The number of ether oxygens (including phenoxy) is 3. The van der Waals surface area contributed by atoms with Gasteiger partial charge in [-0.1, -0.05) is 182 Å². The molecule has 0 saturated carbocycles. The zero-order valence-corrected chi connectivity index (χ0v) is 41.4. The minimum atomic E-state index is -0.360. The van der Waals surface area contributed by atoms with Crippen LogP contribution in [-0.2, 0) is 33.4 Å². The molecular formula is C52H99N3O7. The van der Waals surface area contributed by atoms with E-state index in [0.29, 0.717) is 45.7 Å². The Balaban J connectivity index is 5.38. The van der Waals surface area contributed by atoms with E-state index >= 15 is 0 Å². The molecule has 2 amide bonds. The van der Waals surface area contributed by atoms with Crippen molar-refractivity contribution in [3.63, 3.8) is 0 Å². The average Bonchev–Trinajstić information content (AvgIpc) is 3.26. The van der Waals surface area contributed by atoms with Gasteiger partial charge in [0.25, 0.3) is 0 Å². The Morgan fingerprint density at radius 3 is 1.19 bits per heavy atom. The van der Waals surface area contributed by atoms with Gasteiger partial charge in [0.2, 0.25) is 11.8 Å². The Morgan fingerprint density at radius 1 is 0.452 bits per heavy atom. The third kappa shape index (κ3) is 38.0. The molecule has 0 heterocycles. The maximum absolute atomic E-state index is 13.5. The number of carbonyl (C=O) groups is 4. The lowest BCUT2D eigenvalue weighted by molar-refractivity contribution is -0.150. The van der Waals surface area contributed by atoms with Gasteiger partial charge in [0, 0.05) is 38.3 Å². The number of rotatable bonds is 46. The Kier molecular flexibility index (Phi) is 43.3. The topological polar surface area (TPSA) is 114 Å². The fourth-order valence-corrected chi connectivity index (χ4v) is 7.78. The van der Waals surface area contributed by atoms with Crippen molar-refractivity contribution in [2.75, 3.05) is 66.7 Å². The van der Waals surface area contributed by atoms with Crippen LogP contribution in [0.25, 0.3) is 0 Å². The normalized spacial score (nSPS) is 12.5. The lowest BCUT2D eigenvalue weighted by atomic mass is 9.94. The van der Waals surface area contributed by atoms with Gasteiger partial charge in [-0.05, 0) is 52.6 Å². The van der Waals surface area contributed by atoms with Crippen LogP contribution < -0.4 is 5.32 Å². The van der Waals surface area contributed by atoms with E-state index in [-0.39, 0.29) is 48.8 Å². The summed E-state index contributed by atoms with van der Waals surface area (Å²) >= 11 is 0. The second-order valence-electron chi connectivity index (χ2n) is 18.0. The second kappa shape index (κ2) is 45.1. The van der Waals surface area contributed by atoms with Gasteiger partial charge in [0.15, 0.2) is 0 Å². The van der Waals surface area contributed by atoms with E-state index in [1.54, 1.807) is 4.90 Å². The zero-order valence-electron chi connectivity index (χ0n) is 41.4. The van der Waals surface area contributed by atoms with E-state index in [1.165, 1.54) is 115 Å². The zero-order chi connectivity index (χ0) is 45.7. The summed E-state index contributed by atoms with van der Waals surface area (Å²) in [6, 6.07) is 0. The minimum Gasteiger partial charge on any atom is -0.465 e. The third-order valence-electron chi connectivity index (χ3n) is 11.8.